The normalized spacial score (nSPS) is 11.3. The standard InChI is InChI=1S/C13H15BrO2/c1-3-11(13(15)16-4-2)8-10-6-5-7-12(14)9-10/h5-9H,3-4H2,1-2H3/b11-8+. The van der Waals surface area contributed by atoms with Gasteiger partial charge in [0.15, 0.2) is 0 Å². The van der Waals surface area contributed by atoms with Gasteiger partial charge in [-0.15, -0.1) is 0 Å². The molecule has 1 rings (SSSR count). The maximum absolute atomic E-state index is 11.6. The highest BCUT2D eigenvalue weighted by molar-refractivity contribution is 9.10. The van der Waals surface area contributed by atoms with Gasteiger partial charge < -0.3 is 4.74 Å². The van der Waals surface area contributed by atoms with Crippen LogP contribution in [0.5, 0.6) is 0 Å². The number of hydrogen-bond donors (Lipinski definition) is 0. The Bertz CT molecular complexity index is 397. The van der Waals surface area contributed by atoms with Gasteiger partial charge in [0.25, 0.3) is 0 Å². The predicted molar refractivity (Wildman–Crippen MR) is 69.0 cm³/mol. The molecule has 0 saturated carbocycles. The Hall–Kier alpha value is -1.09. The molecule has 0 saturated heterocycles. The third-order valence-electron chi connectivity index (χ3n) is 2.11. The Balaban J connectivity index is 2.91. The van der Waals surface area contributed by atoms with Gasteiger partial charge >= 0.3 is 5.97 Å². The maximum Gasteiger partial charge on any atom is 0.333 e. The van der Waals surface area contributed by atoms with Gasteiger partial charge in [0, 0.05) is 10.0 Å². The first kappa shape index (κ1) is 13.0. The molecule has 16 heavy (non-hydrogen) atoms. The van der Waals surface area contributed by atoms with Crippen molar-refractivity contribution < 1.29 is 9.53 Å². The molecule has 0 unspecified atom stereocenters. The van der Waals surface area contributed by atoms with Crippen LogP contribution in [0.1, 0.15) is 25.8 Å². The molecule has 0 N–H and O–H groups in total. The van der Waals surface area contributed by atoms with Crippen molar-refractivity contribution in [3.05, 3.63) is 39.9 Å². The Morgan fingerprint density at radius 3 is 2.75 bits per heavy atom. The molecule has 0 aliphatic rings. The number of benzene rings is 1. The minimum Gasteiger partial charge on any atom is -0.463 e. The van der Waals surface area contributed by atoms with E-state index < -0.39 is 0 Å². The number of carbonyl (C=O) groups excluding carboxylic acids is 1. The van der Waals surface area contributed by atoms with Gasteiger partial charge in [-0.05, 0) is 37.1 Å². The summed E-state index contributed by atoms with van der Waals surface area (Å²) in [5.74, 6) is -0.232. The van der Waals surface area contributed by atoms with E-state index in [0.717, 1.165) is 10.0 Å². The van der Waals surface area contributed by atoms with Gasteiger partial charge in [0.1, 0.15) is 0 Å². The summed E-state index contributed by atoms with van der Waals surface area (Å²) in [6.07, 6.45) is 2.54. The molecule has 0 spiro atoms. The van der Waals surface area contributed by atoms with Crippen LogP contribution in [-0.2, 0) is 9.53 Å². The quantitative estimate of drug-likeness (QED) is 0.620. The van der Waals surface area contributed by atoms with Crippen molar-refractivity contribution in [3.63, 3.8) is 0 Å². The largest absolute Gasteiger partial charge is 0.463 e. The van der Waals surface area contributed by atoms with Crippen LogP contribution >= 0.6 is 15.9 Å². The van der Waals surface area contributed by atoms with Gasteiger partial charge in [-0.25, -0.2) is 4.79 Å². The van der Waals surface area contributed by atoms with E-state index >= 15 is 0 Å². The second kappa shape index (κ2) is 6.48. The molecule has 0 bridgehead atoms. The molecule has 2 nitrogen and oxygen atoms in total. The summed E-state index contributed by atoms with van der Waals surface area (Å²) in [5, 5.41) is 0. The second-order valence-electron chi connectivity index (χ2n) is 3.30. The molecule has 1 aromatic carbocycles. The molecule has 0 radical (unpaired) electrons. The van der Waals surface area contributed by atoms with E-state index in [2.05, 4.69) is 15.9 Å². The third-order valence-corrected chi connectivity index (χ3v) is 2.60. The molecule has 0 amide bonds. The summed E-state index contributed by atoms with van der Waals surface area (Å²) in [6.45, 7) is 4.17. The van der Waals surface area contributed by atoms with Crippen LogP contribution in [0.4, 0.5) is 0 Å². The van der Waals surface area contributed by atoms with Crippen LogP contribution in [0, 0.1) is 0 Å². The van der Waals surface area contributed by atoms with Gasteiger partial charge in [0.05, 0.1) is 6.61 Å². The highest BCUT2D eigenvalue weighted by Gasteiger charge is 2.07. The Morgan fingerprint density at radius 2 is 2.19 bits per heavy atom. The van der Waals surface area contributed by atoms with Gasteiger partial charge in [-0.3, -0.25) is 0 Å². The SMILES string of the molecule is CCOC(=O)/C(=C/c1cccc(Br)c1)CC. The highest BCUT2D eigenvalue weighted by atomic mass is 79.9. The van der Waals surface area contributed by atoms with Crippen molar-refractivity contribution in [3.8, 4) is 0 Å². The molecular weight excluding hydrogens is 268 g/mol. The highest BCUT2D eigenvalue weighted by Crippen LogP contribution is 2.16. The third kappa shape index (κ3) is 3.81. The first-order valence-electron chi connectivity index (χ1n) is 5.30. The number of carbonyl (C=O) groups is 1. The Labute approximate surface area is 104 Å². The van der Waals surface area contributed by atoms with Crippen molar-refractivity contribution in [2.24, 2.45) is 0 Å². The summed E-state index contributed by atoms with van der Waals surface area (Å²) < 4.78 is 5.98. The maximum atomic E-state index is 11.6. The molecule has 0 aliphatic carbocycles. The fraction of sp³-hybridized carbons (Fsp3) is 0.308. The zero-order valence-corrected chi connectivity index (χ0v) is 11.1. The first-order valence-corrected chi connectivity index (χ1v) is 6.10. The van der Waals surface area contributed by atoms with E-state index in [-0.39, 0.29) is 5.97 Å². The number of esters is 1. The van der Waals surface area contributed by atoms with Crippen LogP contribution < -0.4 is 0 Å². The number of rotatable bonds is 4. The monoisotopic (exact) mass is 282 g/mol. The van der Waals surface area contributed by atoms with E-state index in [1.807, 2.05) is 44.2 Å². The average molecular weight is 283 g/mol. The van der Waals surface area contributed by atoms with Crippen LogP contribution in [0.25, 0.3) is 6.08 Å². The lowest BCUT2D eigenvalue weighted by molar-refractivity contribution is -0.138. The average Bonchev–Trinajstić information content (AvgIpc) is 2.26. The fourth-order valence-corrected chi connectivity index (χ4v) is 1.74. The summed E-state index contributed by atoms with van der Waals surface area (Å²) in [6, 6.07) is 7.82. The van der Waals surface area contributed by atoms with Crippen LogP contribution in [0.15, 0.2) is 34.3 Å². The number of halogens is 1. The van der Waals surface area contributed by atoms with Crippen molar-refractivity contribution in [1.29, 1.82) is 0 Å². The van der Waals surface area contributed by atoms with Crippen molar-refractivity contribution in [2.45, 2.75) is 20.3 Å². The lowest BCUT2D eigenvalue weighted by Crippen LogP contribution is -2.06. The summed E-state index contributed by atoms with van der Waals surface area (Å²) in [4.78, 5) is 11.6. The van der Waals surface area contributed by atoms with E-state index in [9.17, 15) is 4.79 Å². The Kier molecular flexibility index (Phi) is 5.26. The topological polar surface area (TPSA) is 26.3 Å². The van der Waals surface area contributed by atoms with Crippen LogP contribution in [-0.4, -0.2) is 12.6 Å². The van der Waals surface area contributed by atoms with Crippen LogP contribution in [0.3, 0.4) is 0 Å². The Morgan fingerprint density at radius 1 is 1.44 bits per heavy atom. The lowest BCUT2D eigenvalue weighted by atomic mass is 10.1. The van der Waals surface area contributed by atoms with Gasteiger partial charge in [-0.1, -0.05) is 35.0 Å². The first-order chi connectivity index (χ1) is 7.67. The minimum absolute atomic E-state index is 0.232. The molecule has 1 aromatic rings. The van der Waals surface area contributed by atoms with E-state index in [0.29, 0.717) is 18.6 Å². The van der Waals surface area contributed by atoms with Gasteiger partial charge in [0.2, 0.25) is 0 Å². The van der Waals surface area contributed by atoms with Crippen molar-refractivity contribution in [1.82, 2.24) is 0 Å². The molecule has 0 aliphatic heterocycles. The molecule has 0 heterocycles. The lowest BCUT2D eigenvalue weighted by Gasteiger charge is -2.04. The number of hydrogen-bond acceptors (Lipinski definition) is 2. The van der Waals surface area contributed by atoms with Crippen molar-refractivity contribution >= 4 is 28.0 Å². The zero-order chi connectivity index (χ0) is 12.0. The summed E-state index contributed by atoms with van der Waals surface area (Å²) in [5.41, 5.74) is 1.69. The molecule has 86 valence electrons. The summed E-state index contributed by atoms with van der Waals surface area (Å²) >= 11 is 3.40. The molecule has 0 fully saturated rings. The minimum atomic E-state index is -0.232. The fourth-order valence-electron chi connectivity index (χ4n) is 1.33. The molecule has 3 heteroatoms. The van der Waals surface area contributed by atoms with Gasteiger partial charge in [-0.2, -0.15) is 0 Å². The molecular formula is C13H15BrO2. The van der Waals surface area contributed by atoms with E-state index in [4.69, 9.17) is 4.74 Å². The number of ether oxygens (including phenoxy) is 1. The zero-order valence-electron chi connectivity index (χ0n) is 9.50. The van der Waals surface area contributed by atoms with E-state index in [1.165, 1.54) is 0 Å². The smallest absolute Gasteiger partial charge is 0.333 e. The molecule has 0 aromatic heterocycles. The van der Waals surface area contributed by atoms with Crippen molar-refractivity contribution in [2.75, 3.05) is 6.61 Å². The summed E-state index contributed by atoms with van der Waals surface area (Å²) in [7, 11) is 0. The molecule has 0 atom stereocenters. The van der Waals surface area contributed by atoms with E-state index in [1.54, 1.807) is 0 Å². The second-order valence-corrected chi connectivity index (χ2v) is 4.21. The predicted octanol–water partition coefficient (Wildman–Crippen LogP) is 3.81. The van der Waals surface area contributed by atoms with Crippen LogP contribution in [0.2, 0.25) is 0 Å².